The van der Waals surface area contributed by atoms with E-state index in [2.05, 4.69) is 9.82 Å². The summed E-state index contributed by atoms with van der Waals surface area (Å²) in [5, 5.41) is 4.60. The molecule has 2 aliphatic carbocycles. The van der Waals surface area contributed by atoms with Gasteiger partial charge in [-0.15, -0.1) is 0 Å². The quantitative estimate of drug-likeness (QED) is 0.505. The molecule has 1 aliphatic heterocycles. The van der Waals surface area contributed by atoms with Crippen LogP contribution in [0.25, 0.3) is 22.5 Å². The Hall–Kier alpha value is -2.76. The Bertz CT molecular complexity index is 1490. The first kappa shape index (κ1) is 24.6. The lowest BCUT2D eigenvalue weighted by Crippen LogP contribution is -2.52. The molecule has 6 nitrogen and oxygen atoms in total. The number of nitrogens with one attached hydrogen (secondary N) is 1. The fraction of sp³-hybridized carbons (Fsp3) is 0.423. The normalized spacial score (nSPS) is 26.9. The minimum atomic E-state index is -4.61. The van der Waals surface area contributed by atoms with E-state index in [1.807, 2.05) is 24.3 Å². The molecule has 1 saturated heterocycles. The summed E-state index contributed by atoms with van der Waals surface area (Å²) in [5.74, 6) is -0.529. The van der Waals surface area contributed by atoms with Crippen molar-refractivity contribution in [2.45, 2.75) is 37.4 Å². The van der Waals surface area contributed by atoms with Crippen molar-refractivity contribution in [2.24, 2.45) is 18.9 Å². The van der Waals surface area contributed by atoms with Crippen molar-refractivity contribution in [1.82, 2.24) is 18.8 Å². The van der Waals surface area contributed by atoms with Crippen LogP contribution in [-0.4, -0.2) is 47.3 Å². The van der Waals surface area contributed by atoms with Gasteiger partial charge in [0.25, 0.3) is 10.2 Å². The number of fused-ring (bicyclic) bond motifs is 1. The van der Waals surface area contributed by atoms with Gasteiger partial charge in [0.15, 0.2) is 0 Å². The summed E-state index contributed by atoms with van der Waals surface area (Å²) in [6, 6.07) is 14.3. The first-order valence-corrected chi connectivity index (χ1v) is 13.7. The Morgan fingerprint density at radius 2 is 1.76 bits per heavy atom. The summed E-state index contributed by atoms with van der Waals surface area (Å²) in [6.07, 6.45) is -1.93. The number of rotatable bonds is 3. The van der Waals surface area contributed by atoms with Crippen LogP contribution in [0.4, 0.5) is 17.6 Å². The SMILES string of the molecule is Cn1nc(-c2ccc3c(c2)CC2CCC(C3)C23CN(CC(F)(F)F)S(=O)(=O)N3)cc1-c1ccccc1F. The predicted molar refractivity (Wildman–Crippen MR) is 130 cm³/mol. The van der Waals surface area contributed by atoms with Crippen LogP contribution in [0.2, 0.25) is 0 Å². The van der Waals surface area contributed by atoms with E-state index in [1.165, 1.54) is 6.07 Å². The second kappa shape index (κ2) is 8.37. The Morgan fingerprint density at radius 1 is 1.05 bits per heavy atom. The lowest BCUT2D eigenvalue weighted by molar-refractivity contribution is -0.136. The van der Waals surface area contributed by atoms with E-state index in [0.717, 1.165) is 29.5 Å². The van der Waals surface area contributed by atoms with E-state index >= 15 is 0 Å². The maximum atomic E-state index is 14.4. The Labute approximate surface area is 212 Å². The van der Waals surface area contributed by atoms with Crippen LogP contribution in [-0.2, 0) is 30.1 Å². The van der Waals surface area contributed by atoms with Crippen molar-refractivity contribution < 1.29 is 26.0 Å². The molecule has 2 aromatic carbocycles. The zero-order chi connectivity index (χ0) is 26.2. The van der Waals surface area contributed by atoms with Crippen LogP contribution >= 0.6 is 0 Å². The van der Waals surface area contributed by atoms with Crippen molar-refractivity contribution in [3.05, 3.63) is 65.5 Å². The van der Waals surface area contributed by atoms with Gasteiger partial charge in [0, 0.05) is 24.7 Å². The van der Waals surface area contributed by atoms with Crippen molar-refractivity contribution in [1.29, 1.82) is 0 Å². The van der Waals surface area contributed by atoms with E-state index in [0.29, 0.717) is 34.1 Å². The van der Waals surface area contributed by atoms with Crippen LogP contribution < -0.4 is 4.72 Å². The number of hydrogen-bond donors (Lipinski definition) is 1. The van der Waals surface area contributed by atoms with E-state index < -0.39 is 28.5 Å². The summed E-state index contributed by atoms with van der Waals surface area (Å²) in [4.78, 5) is 0. The number of nitrogens with zero attached hydrogens (tertiary/aromatic N) is 3. The van der Waals surface area contributed by atoms with Crippen molar-refractivity contribution in [2.75, 3.05) is 13.1 Å². The summed E-state index contributed by atoms with van der Waals surface area (Å²) < 4.78 is 84.0. The first-order chi connectivity index (χ1) is 17.5. The van der Waals surface area contributed by atoms with Crippen LogP contribution in [0.1, 0.15) is 24.0 Å². The van der Waals surface area contributed by atoms with Crippen molar-refractivity contribution in [3.8, 4) is 22.5 Å². The molecule has 1 aromatic heterocycles. The third-order valence-corrected chi connectivity index (χ3v) is 9.81. The molecule has 0 radical (unpaired) electrons. The molecule has 3 aliphatic rings. The third-order valence-electron chi connectivity index (χ3n) is 8.24. The smallest absolute Gasteiger partial charge is 0.267 e. The van der Waals surface area contributed by atoms with Crippen LogP contribution in [0.3, 0.4) is 0 Å². The summed E-state index contributed by atoms with van der Waals surface area (Å²) >= 11 is 0. The van der Waals surface area contributed by atoms with Gasteiger partial charge in [0.1, 0.15) is 12.4 Å². The molecule has 37 heavy (non-hydrogen) atoms. The molecule has 196 valence electrons. The number of halogens is 4. The molecule has 3 aromatic rings. The van der Waals surface area contributed by atoms with Gasteiger partial charge in [-0.05, 0) is 72.9 Å². The third kappa shape index (κ3) is 4.17. The zero-order valence-electron chi connectivity index (χ0n) is 20.1. The first-order valence-electron chi connectivity index (χ1n) is 12.2. The number of hydrogen-bond acceptors (Lipinski definition) is 3. The molecule has 1 N–H and O–H groups in total. The average Bonchev–Trinajstić information content (AvgIpc) is 3.38. The molecule has 3 unspecified atom stereocenters. The van der Waals surface area contributed by atoms with Gasteiger partial charge >= 0.3 is 6.18 Å². The fourth-order valence-corrected chi connectivity index (χ4v) is 8.24. The largest absolute Gasteiger partial charge is 0.402 e. The molecular weight excluding hydrogens is 508 g/mol. The van der Waals surface area contributed by atoms with E-state index in [9.17, 15) is 26.0 Å². The standard InChI is InChI=1S/C26H26F4N4O2S/c1-33-24(21-4-2-3-5-22(21)27)13-23(31-33)17-7-6-16-11-19-8-9-20(12-18(16)10-17)25(19)14-34(15-26(28,29)30)37(35,36)32-25/h2-7,10,13,19-20,32H,8-9,11-12,14-15H2,1H3. The highest BCUT2D eigenvalue weighted by Gasteiger charge is 2.60. The lowest BCUT2D eigenvalue weighted by atomic mass is 9.79. The zero-order valence-corrected chi connectivity index (χ0v) is 20.9. The minimum absolute atomic E-state index is 0.0832. The molecule has 2 heterocycles. The lowest BCUT2D eigenvalue weighted by Gasteiger charge is -2.33. The van der Waals surface area contributed by atoms with Gasteiger partial charge < -0.3 is 0 Å². The topological polar surface area (TPSA) is 67.2 Å². The van der Waals surface area contributed by atoms with Gasteiger partial charge in [-0.25, -0.2) is 4.39 Å². The average molecular weight is 535 g/mol. The molecule has 0 amide bonds. The highest BCUT2D eigenvalue weighted by atomic mass is 32.2. The second-order valence-electron chi connectivity index (χ2n) is 10.4. The van der Waals surface area contributed by atoms with Crippen LogP contribution in [0, 0.1) is 17.7 Å². The molecule has 3 atom stereocenters. The van der Waals surface area contributed by atoms with Gasteiger partial charge in [-0.1, -0.05) is 24.3 Å². The van der Waals surface area contributed by atoms with E-state index in [4.69, 9.17) is 0 Å². The Morgan fingerprint density at radius 3 is 2.46 bits per heavy atom. The van der Waals surface area contributed by atoms with Gasteiger partial charge in [-0.3, -0.25) is 4.68 Å². The van der Waals surface area contributed by atoms with Gasteiger partial charge in [-0.2, -0.15) is 35.7 Å². The van der Waals surface area contributed by atoms with Crippen LogP contribution in [0.5, 0.6) is 0 Å². The molecule has 11 heteroatoms. The number of alkyl halides is 3. The Balaban J connectivity index is 1.32. The highest BCUT2D eigenvalue weighted by Crippen LogP contribution is 2.51. The maximum Gasteiger partial charge on any atom is 0.402 e. The van der Waals surface area contributed by atoms with Crippen LogP contribution in [0.15, 0.2) is 48.5 Å². The van der Waals surface area contributed by atoms with Crippen molar-refractivity contribution in [3.63, 3.8) is 0 Å². The van der Waals surface area contributed by atoms with Gasteiger partial charge in [0.2, 0.25) is 0 Å². The molecule has 2 fully saturated rings. The molecular formula is C26H26F4N4O2S. The summed E-state index contributed by atoms with van der Waals surface area (Å²) in [5.41, 5.74) is 3.86. The number of aromatic nitrogens is 2. The fourth-order valence-electron chi connectivity index (χ4n) is 6.53. The summed E-state index contributed by atoms with van der Waals surface area (Å²) in [6.45, 7) is -1.65. The molecule has 2 bridgehead atoms. The Kier molecular flexibility index (Phi) is 5.56. The van der Waals surface area contributed by atoms with Crippen molar-refractivity contribution >= 4 is 10.2 Å². The molecule has 1 saturated carbocycles. The molecule has 1 spiro atoms. The van der Waals surface area contributed by atoms with E-state index in [-0.39, 0.29) is 24.2 Å². The summed E-state index contributed by atoms with van der Waals surface area (Å²) in [7, 11) is -2.46. The minimum Gasteiger partial charge on any atom is -0.267 e. The maximum absolute atomic E-state index is 14.4. The second-order valence-corrected chi connectivity index (χ2v) is 12.1. The van der Waals surface area contributed by atoms with Gasteiger partial charge in [0.05, 0.1) is 16.9 Å². The number of benzene rings is 2. The monoisotopic (exact) mass is 534 g/mol. The molecule has 6 rings (SSSR count). The highest BCUT2D eigenvalue weighted by molar-refractivity contribution is 7.87. The number of aryl methyl sites for hydroxylation is 1. The predicted octanol–water partition coefficient (Wildman–Crippen LogP) is 4.47. The van der Waals surface area contributed by atoms with E-state index in [1.54, 1.807) is 29.9 Å².